The van der Waals surface area contributed by atoms with Crippen molar-refractivity contribution in [1.82, 2.24) is 0 Å². The third kappa shape index (κ3) is 4.90. The third-order valence-electron chi connectivity index (χ3n) is 2.11. The van der Waals surface area contributed by atoms with Crippen LogP contribution >= 0.6 is 24.4 Å². The zero-order chi connectivity index (χ0) is 11.8. The maximum atomic E-state index is 10.6. The first-order valence-corrected chi connectivity index (χ1v) is 6.81. The number of nitro groups is 1. The van der Waals surface area contributed by atoms with E-state index in [-0.39, 0.29) is 16.7 Å². The van der Waals surface area contributed by atoms with Crippen LogP contribution in [0.4, 0.5) is 0 Å². The number of benzene rings is 1. The van der Waals surface area contributed by atoms with Crippen molar-refractivity contribution < 1.29 is 4.92 Å². The lowest BCUT2D eigenvalue weighted by Crippen LogP contribution is -2.10. The van der Waals surface area contributed by atoms with Gasteiger partial charge in [-0.3, -0.25) is 10.1 Å². The lowest BCUT2D eigenvalue weighted by atomic mass is 10.1. The lowest BCUT2D eigenvalue weighted by molar-refractivity contribution is -0.479. The minimum Gasteiger partial charge on any atom is -0.264 e. The molecule has 1 rings (SSSR count). The molecule has 0 spiro atoms. The monoisotopic (exact) mass is 257 g/mol. The fourth-order valence-corrected chi connectivity index (χ4v) is 2.89. The van der Waals surface area contributed by atoms with Crippen molar-refractivity contribution in [2.75, 3.05) is 18.1 Å². The van der Waals surface area contributed by atoms with E-state index in [2.05, 4.69) is 12.6 Å². The summed E-state index contributed by atoms with van der Waals surface area (Å²) in [6.07, 6.45) is 0.981. The summed E-state index contributed by atoms with van der Waals surface area (Å²) in [6.45, 7) is -0.0126. The van der Waals surface area contributed by atoms with Crippen LogP contribution in [0.15, 0.2) is 30.3 Å². The maximum Gasteiger partial charge on any atom is 0.219 e. The van der Waals surface area contributed by atoms with E-state index in [0.29, 0.717) is 0 Å². The Morgan fingerprint density at radius 3 is 2.62 bits per heavy atom. The Morgan fingerprint density at radius 2 is 2.06 bits per heavy atom. The molecule has 0 N–H and O–H groups in total. The van der Waals surface area contributed by atoms with E-state index in [4.69, 9.17) is 0 Å². The molecule has 0 saturated heterocycles. The van der Waals surface area contributed by atoms with Gasteiger partial charge in [-0.05, 0) is 23.5 Å². The minimum atomic E-state index is -0.245. The van der Waals surface area contributed by atoms with E-state index in [9.17, 15) is 10.1 Å². The average Bonchev–Trinajstić information content (AvgIpc) is 2.29. The van der Waals surface area contributed by atoms with Gasteiger partial charge in [-0.15, -0.1) is 11.8 Å². The quantitative estimate of drug-likeness (QED) is 0.353. The normalized spacial score (nSPS) is 12.3. The molecule has 0 aliphatic heterocycles. The Bertz CT molecular complexity index is 319. The summed E-state index contributed by atoms with van der Waals surface area (Å²) in [4.78, 5) is 10.3. The summed E-state index contributed by atoms with van der Waals surface area (Å²) >= 11 is 5.77. The van der Waals surface area contributed by atoms with Gasteiger partial charge in [0, 0.05) is 4.92 Å². The predicted octanol–water partition coefficient (Wildman–Crippen LogP) is 3.06. The summed E-state index contributed by atoms with van der Waals surface area (Å²) in [5, 5.41) is 10.5. The predicted molar refractivity (Wildman–Crippen MR) is 72.0 cm³/mol. The second-order valence-electron chi connectivity index (χ2n) is 3.36. The zero-order valence-corrected chi connectivity index (χ0v) is 10.6. The summed E-state index contributed by atoms with van der Waals surface area (Å²) in [5.74, 6) is 1.74. The maximum absolute atomic E-state index is 10.6. The molecule has 1 atom stereocenters. The van der Waals surface area contributed by atoms with E-state index in [1.165, 1.54) is 0 Å². The molecule has 1 aromatic carbocycles. The summed E-state index contributed by atoms with van der Waals surface area (Å²) < 4.78 is 0. The van der Waals surface area contributed by atoms with Crippen molar-refractivity contribution >= 4 is 24.4 Å². The molecule has 1 aromatic rings. The molecule has 0 aliphatic rings. The lowest BCUT2D eigenvalue weighted by Gasteiger charge is -2.12. The van der Waals surface area contributed by atoms with Crippen molar-refractivity contribution in [3.8, 4) is 0 Å². The highest BCUT2D eigenvalue weighted by Crippen LogP contribution is 2.29. The highest BCUT2D eigenvalue weighted by atomic mass is 32.2. The molecule has 0 amide bonds. The van der Waals surface area contributed by atoms with Crippen LogP contribution in [0.3, 0.4) is 0 Å². The largest absolute Gasteiger partial charge is 0.264 e. The van der Waals surface area contributed by atoms with Crippen LogP contribution in [0.5, 0.6) is 0 Å². The zero-order valence-electron chi connectivity index (χ0n) is 8.91. The molecule has 0 fully saturated rings. The molecule has 0 heterocycles. The number of rotatable bonds is 7. The van der Waals surface area contributed by atoms with Gasteiger partial charge in [-0.2, -0.15) is 12.6 Å². The fraction of sp³-hybridized carbons (Fsp3) is 0.455. The van der Waals surface area contributed by atoms with Gasteiger partial charge in [0.15, 0.2) is 0 Å². The molecule has 16 heavy (non-hydrogen) atoms. The Hall–Kier alpha value is -0.680. The first-order valence-electron chi connectivity index (χ1n) is 5.13. The molecule has 3 nitrogen and oxygen atoms in total. The van der Waals surface area contributed by atoms with Gasteiger partial charge in [-0.1, -0.05) is 30.3 Å². The first-order chi connectivity index (χ1) is 7.74. The van der Waals surface area contributed by atoms with E-state index in [1.54, 1.807) is 11.8 Å². The summed E-state index contributed by atoms with van der Waals surface area (Å²) in [6, 6.07) is 9.65. The molecule has 5 heteroatoms. The van der Waals surface area contributed by atoms with Gasteiger partial charge in [0.05, 0.1) is 5.25 Å². The molecular formula is C11H15NO2S2. The van der Waals surface area contributed by atoms with Gasteiger partial charge in [0.25, 0.3) is 0 Å². The number of thiol groups is 1. The SMILES string of the molecule is O=[N+]([O-])CC(SCCCS)c1ccccc1. The molecule has 88 valence electrons. The van der Waals surface area contributed by atoms with Crippen LogP contribution in [0.1, 0.15) is 17.2 Å². The first kappa shape index (κ1) is 13.4. The highest BCUT2D eigenvalue weighted by molar-refractivity contribution is 7.99. The molecule has 0 radical (unpaired) electrons. The van der Waals surface area contributed by atoms with Gasteiger partial charge in [-0.25, -0.2) is 0 Å². The van der Waals surface area contributed by atoms with Crippen LogP contribution in [0, 0.1) is 10.1 Å². The standard InChI is InChI=1S/C11H15NO2S2/c13-12(14)9-11(16-8-4-7-15)10-5-2-1-3-6-10/h1-3,5-6,11,15H,4,7-9H2. The van der Waals surface area contributed by atoms with Gasteiger partial charge in [0.2, 0.25) is 6.54 Å². The van der Waals surface area contributed by atoms with E-state index < -0.39 is 0 Å². The fourth-order valence-electron chi connectivity index (χ4n) is 1.35. The molecule has 0 saturated carbocycles. The van der Waals surface area contributed by atoms with Crippen LogP contribution in [0.2, 0.25) is 0 Å². The number of hydrogen-bond donors (Lipinski definition) is 1. The van der Waals surface area contributed by atoms with E-state index >= 15 is 0 Å². The third-order valence-corrected chi connectivity index (χ3v) is 3.77. The van der Waals surface area contributed by atoms with E-state index in [0.717, 1.165) is 23.5 Å². The molecular weight excluding hydrogens is 242 g/mol. The molecule has 0 bridgehead atoms. The summed E-state index contributed by atoms with van der Waals surface area (Å²) in [5.41, 5.74) is 1.03. The van der Waals surface area contributed by atoms with Crippen LogP contribution in [0.25, 0.3) is 0 Å². The van der Waals surface area contributed by atoms with Gasteiger partial charge in [0.1, 0.15) is 0 Å². The number of nitrogens with zero attached hydrogens (tertiary/aromatic N) is 1. The molecule has 0 aliphatic carbocycles. The van der Waals surface area contributed by atoms with Crippen LogP contribution < -0.4 is 0 Å². The van der Waals surface area contributed by atoms with Crippen molar-refractivity contribution in [2.24, 2.45) is 0 Å². The van der Waals surface area contributed by atoms with Crippen molar-refractivity contribution in [2.45, 2.75) is 11.7 Å². The second-order valence-corrected chi connectivity index (χ2v) is 5.12. The van der Waals surface area contributed by atoms with Crippen molar-refractivity contribution in [3.05, 3.63) is 46.0 Å². The topological polar surface area (TPSA) is 43.1 Å². The molecule has 1 unspecified atom stereocenters. The van der Waals surface area contributed by atoms with E-state index in [1.807, 2.05) is 30.3 Å². The van der Waals surface area contributed by atoms with Crippen molar-refractivity contribution in [1.29, 1.82) is 0 Å². The van der Waals surface area contributed by atoms with Gasteiger partial charge >= 0.3 is 0 Å². The van der Waals surface area contributed by atoms with Gasteiger partial charge < -0.3 is 0 Å². The Labute approximate surface area is 105 Å². The number of thioether (sulfide) groups is 1. The highest BCUT2D eigenvalue weighted by Gasteiger charge is 2.17. The number of hydrogen-bond acceptors (Lipinski definition) is 4. The van der Waals surface area contributed by atoms with Crippen LogP contribution in [-0.2, 0) is 0 Å². The Balaban J connectivity index is 2.60. The Morgan fingerprint density at radius 1 is 1.38 bits per heavy atom. The van der Waals surface area contributed by atoms with Crippen LogP contribution in [-0.4, -0.2) is 23.0 Å². The smallest absolute Gasteiger partial charge is 0.219 e. The second kappa shape index (κ2) is 7.57. The minimum absolute atomic E-state index is 0.0126. The average molecular weight is 257 g/mol. The molecule has 0 aromatic heterocycles. The van der Waals surface area contributed by atoms with Crippen molar-refractivity contribution in [3.63, 3.8) is 0 Å². The Kier molecular flexibility index (Phi) is 6.33. The summed E-state index contributed by atoms with van der Waals surface area (Å²) in [7, 11) is 0.